The second-order valence-corrected chi connectivity index (χ2v) is 2.59. The van der Waals surface area contributed by atoms with Gasteiger partial charge in [-0.2, -0.15) is 0 Å². The van der Waals surface area contributed by atoms with Crippen molar-refractivity contribution in [2.24, 2.45) is 0 Å². The fourth-order valence-corrected chi connectivity index (χ4v) is 1.03. The van der Waals surface area contributed by atoms with E-state index < -0.39 is 6.10 Å². The summed E-state index contributed by atoms with van der Waals surface area (Å²) in [5.74, 6) is 0. The molecule has 0 spiro atoms. The smallest absolute Gasteiger partial charge is 0.103 e. The number of ether oxygens (including phenoxy) is 2. The molecule has 0 heterocycles. The van der Waals surface area contributed by atoms with E-state index in [0.29, 0.717) is 6.61 Å². The molecule has 11 heavy (non-hydrogen) atoms. The minimum atomic E-state index is -0.495. The van der Waals surface area contributed by atoms with Crippen LogP contribution in [0.3, 0.4) is 0 Å². The van der Waals surface area contributed by atoms with E-state index in [-0.39, 0.29) is 6.10 Å². The topological polar surface area (TPSA) is 38.7 Å². The molecule has 0 bridgehead atoms. The van der Waals surface area contributed by atoms with Gasteiger partial charge in [-0.1, -0.05) is 13.3 Å². The van der Waals surface area contributed by atoms with Crippen molar-refractivity contribution >= 4 is 0 Å². The van der Waals surface area contributed by atoms with E-state index in [0.717, 1.165) is 12.8 Å². The maximum atomic E-state index is 9.39. The molecule has 2 atom stereocenters. The summed E-state index contributed by atoms with van der Waals surface area (Å²) in [6.45, 7) is 2.41. The number of rotatable bonds is 6. The molecule has 0 aromatic carbocycles. The van der Waals surface area contributed by atoms with Crippen LogP contribution in [-0.2, 0) is 9.47 Å². The minimum absolute atomic E-state index is 0.0834. The van der Waals surface area contributed by atoms with Gasteiger partial charge in [-0.25, -0.2) is 0 Å². The van der Waals surface area contributed by atoms with E-state index in [1.807, 2.05) is 0 Å². The Balaban J connectivity index is 3.61. The Morgan fingerprint density at radius 1 is 1.36 bits per heavy atom. The standard InChI is InChI=1S/C8H18O3/c1-4-5-8(11-3)7(9)6-10-2/h7-9H,4-6H2,1-3H3. The van der Waals surface area contributed by atoms with Crippen molar-refractivity contribution < 1.29 is 14.6 Å². The van der Waals surface area contributed by atoms with Crippen LogP contribution in [0, 0.1) is 0 Å². The first-order chi connectivity index (χ1) is 5.26. The van der Waals surface area contributed by atoms with Gasteiger partial charge in [0.15, 0.2) is 0 Å². The van der Waals surface area contributed by atoms with Gasteiger partial charge < -0.3 is 14.6 Å². The van der Waals surface area contributed by atoms with Gasteiger partial charge in [0.25, 0.3) is 0 Å². The highest BCUT2D eigenvalue weighted by Gasteiger charge is 2.16. The van der Waals surface area contributed by atoms with Gasteiger partial charge in [-0.15, -0.1) is 0 Å². The molecule has 0 aliphatic rings. The van der Waals surface area contributed by atoms with E-state index in [9.17, 15) is 5.11 Å². The Labute approximate surface area is 68.3 Å². The van der Waals surface area contributed by atoms with E-state index in [1.54, 1.807) is 14.2 Å². The summed E-state index contributed by atoms with van der Waals surface area (Å²) in [5.41, 5.74) is 0. The highest BCUT2D eigenvalue weighted by atomic mass is 16.5. The molecule has 1 N–H and O–H groups in total. The van der Waals surface area contributed by atoms with E-state index in [1.165, 1.54) is 0 Å². The zero-order valence-electron chi connectivity index (χ0n) is 7.54. The van der Waals surface area contributed by atoms with Crippen LogP contribution in [0.1, 0.15) is 19.8 Å². The lowest BCUT2D eigenvalue weighted by Crippen LogP contribution is -2.31. The number of methoxy groups -OCH3 is 2. The van der Waals surface area contributed by atoms with Crippen molar-refractivity contribution in [2.45, 2.75) is 32.0 Å². The van der Waals surface area contributed by atoms with E-state index in [2.05, 4.69) is 6.92 Å². The van der Waals surface area contributed by atoms with Crippen molar-refractivity contribution in [2.75, 3.05) is 20.8 Å². The van der Waals surface area contributed by atoms with Crippen LogP contribution in [0.2, 0.25) is 0 Å². The van der Waals surface area contributed by atoms with Gasteiger partial charge >= 0.3 is 0 Å². The third-order valence-electron chi connectivity index (χ3n) is 1.64. The number of aliphatic hydroxyl groups is 1. The minimum Gasteiger partial charge on any atom is -0.388 e. The molecular weight excluding hydrogens is 144 g/mol. The summed E-state index contributed by atoms with van der Waals surface area (Å²) in [6, 6.07) is 0. The van der Waals surface area contributed by atoms with Crippen LogP contribution in [0.4, 0.5) is 0 Å². The molecule has 0 rings (SSSR count). The van der Waals surface area contributed by atoms with Crippen molar-refractivity contribution in [3.63, 3.8) is 0 Å². The second-order valence-electron chi connectivity index (χ2n) is 2.59. The number of hydrogen-bond acceptors (Lipinski definition) is 3. The summed E-state index contributed by atoms with van der Waals surface area (Å²) >= 11 is 0. The Morgan fingerprint density at radius 3 is 2.36 bits per heavy atom. The van der Waals surface area contributed by atoms with Crippen LogP contribution in [0.25, 0.3) is 0 Å². The molecule has 0 fully saturated rings. The van der Waals surface area contributed by atoms with Gasteiger partial charge in [0.2, 0.25) is 0 Å². The Kier molecular flexibility index (Phi) is 6.51. The molecule has 0 aromatic heterocycles. The lowest BCUT2D eigenvalue weighted by atomic mass is 10.1. The summed E-state index contributed by atoms with van der Waals surface area (Å²) in [7, 11) is 3.18. The number of hydrogen-bond donors (Lipinski definition) is 1. The van der Waals surface area contributed by atoms with Crippen LogP contribution in [0.5, 0.6) is 0 Å². The van der Waals surface area contributed by atoms with Crippen LogP contribution in [-0.4, -0.2) is 38.1 Å². The van der Waals surface area contributed by atoms with Gasteiger partial charge in [-0.05, 0) is 6.42 Å². The van der Waals surface area contributed by atoms with Gasteiger partial charge in [0.05, 0.1) is 12.7 Å². The molecule has 0 saturated carbocycles. The highest BCUT2D eigenvalue weighted by molar-refractivity contribution is 4.67. The summed E-state index contributed by atoms with van der Waals surface area (Å²) in [4.78, 5) is 0. The zero-order valence-corrected chi connectivity index (χ0v) is 7.54. The summed E-state index contributed by atoms with van der Waals surface area (Å²) in [6.07, 6.45) is 1.31. The molecule has 2 unspecified atom stereocenters. The summed E-state index contributed by atoms with van der Waals surface area (Å²) < 4.78 is 9.88. The molecule has 0 aromatic rings. The third kappa shape index (κ3) is 4.35. The van der Waals surface area contributed by atoms with Gasteiger partial charge in [-0.3, -0.25) is 0 Å². The normalized spacial score (nSPS) is 16.4. The van der Waals surface area contributed by atoms with Crippen molar-refractivity contribution in [3.05, 3.63) is 0 Å². The average molecular weight is 162 g/mol. The monoisotopic (exact) mass is 162 g/mol. The van der Waals surface area contributed by atoms with Crippen LogP contribution < -0.4 is 0 Å². The van der Waals surface area contributed by atoms with E-state index in [4.69, 9.17) is 9.47 Å². The van der Waals surface area contributed by atoms with Crippen LogP contribution >= 0.6 is 0 Å². The molecule has 68 valence electrons. The predicted molar refractivity (Wildman–Crippen MR) is 43.6 cm³/mol. The van der Waals surface area contributed by atoms with Crippen molar-refractivity contribution in [1.82, 2.24) is 0 Å². The fraction of sp³-hybridized carbons (Fsp3) is 1.00. The summed E-state index contributed by atoms with van der Waals surface area (Å²) in [5, 5.41) is 9.39. The van der Waals surface area contributed by atoms with Gasteiger partial charge in [0.1, 0.15) is 6.10 Å². The Bertz CT molecular complexity index is 85.4. The molecule has 3 heteroatoms. The lowest BCUT2D eigenvalue weighted by Gasteiger charge is -2.19. The molecule has 0 saturated heterocycles. The molecule has 0 aliphatic heterocycles. The van der Waals surface area contributed by atoms with Crippen LogP contribution in [0.15, 0.2) is 0 Å². The average Bonchev–Trinajstić information content (AvgIpc) is 2.00. The first-order valence-corrected chi connectivity index (χ1v) is 3.96. The lowest BCUT2D eigenvalue weighted by molar-refractivity contribution is -0.0499. The molecule has 3 nitrogen and oxygen atoms in total. The highest BCUT2D eigenvalue weighted by Crippen LogP contribution is 2.06. The predicted octanol–water partition coefficient (Wildman–Crippen LogP) is 0.809. The first-order valence-electron chi connectivity index (χ1n) is 3.96. The third-order valence-corrected chi connectivity index (χ3v) is 1.64. The largest absolute Gasteiger partial charge is 0.388 e. The maximum absolute atomic E-state index is 9.39. The van der Waals surface area contributed by atoms with E-state index >= 15 is 0 Å². The molecule has 0 aliphatic carbocycles. The van der Waals surface area contributed by atoms with Crippen molar-refractivity contribution in [1.29, 1.82) is 0 Å². The molecular formula is C8H18O3. The molecule has 0 amide bonds. The number of aliphatic hydroxyl groups excluding tert-OH is 1. The second kappa shape index (κ2) is 6.58. The first kappa shape index (κ1) is 10.9. The zero-order chi connectivity index (χ0) is 8.69. The fourth-order valence-electron chi connectivity index (χ4n) is 1.03. The Morgan fingerprint density at radius 2 is 2.00 bits per heavy atom. The Hall–Kier alpha value is -0.120. The quantitative estimate of drug-likeness (QED) is 0.628. The van der Waals surface area contributed by atoms with Gasteiger partial charge in [0, 0.05) is 14.2 Å². The molecule has 0 radical (unpaired) electrons. The SMILES string of the molecule is CCCC(OC)C(O)COC. The maximum Gasteiger partial charge on any atom is 0.103 e. The van der Waals surface area contributed by atoms with Crippen molar-refractivity contribution in [3.8, 4) is 0 Å².